The van der Waals surface area contributed by atoms with Crippen molar-refractivity contribution in [3.05, 3.63) is 53.6 Å². The van der Waals surface area contributed by atoms with Gasteiger partial charge in [-0.2, -0.15) is 5.10 Å². The monoisotopic (exact) mass is 291 g/mol. The van der Waals surface area contributed by atoms with Crippen molar-refractivity contribution in [3.8, 4) is 0 Å². The summed E-state index contributed by atoms with van der Waals surface area (Å²) in [7, 11) is 3.63. The third-order valence-corrected chi connectivity index (χ3v) is 3.32. The van der Waals surface area contributed by atoms with Gasteiger partial charge in [0.25, 0.3) is 0 Å². The smallest absolute Gasteiger partial charge is 0.304 e. The van der Waals surface area contributed by atoms with Gasteiger partial charge in [-0.05, 0) is 24.7 Å². The summed E-state index contributed by atoms with van der Waals surface area (Å²) < 4.78 is 15.2. The van der Waals surface area contributed by atoms with E-state index >= 15 is 0 Å². The minimum Gasteiger partial charge on any atom is -0.481 e. The number of rotatable bonds is 6. The van der Waals surface area contributed by atoms with E-state index in [1.54, 1.807) is 16.9 Å². The summed E-state index contributed by atoms with van der Waals surface area (Å²) in [5, 5.41) is 13.0. The van der Waals surface area contributed by atoms with Crippen LogP contribution in [0.25, 0.3) is 0 Å². The first-order chi connectivity index (χ1) is 9.97. The summed E-state index contributed by atoms with van der Waals surface area (Å²) in [6.07, 6.45) is 3.60. The number of carbonyl (C=O) groups is 1. The molecule has 0 bridgehead atoms. The molecule has 0 aliphatic heterocycles. The minimum absolute atomic E-state index is 0.0303. The summed E-state index contributed by atoms with van der Waals surface area (Å²) in [6, 6.07) is 6.11. The Morgan fingerprint density at radius 2 is 2.24 bits per heavy atom. The second kappa shape index (κ2) is 6.49. The fourth-order valence-corrected chi connectivity index (χ4v) is 2.36. The molecule has 0 amide bonds. The Kier molecular flexibility index (Phi) is 4.70. The lowest BCUT2D eigenvalue weighted by Crippen LogP contribution is -2.28. The number of aliphatic carboxylic acids is 1. The van der Waals surface area contributed by atoms with Crippen LogP contribution in [0.4, 0.5) is 4.39 Å². The van der Waals surface area contributed by atoms with Crippen LogP contribution in [0.2, 0.25) is 0 Å². The predicted octanol–water partition coefficient (Wildman–Crippen LogP) is 2.06. The second-order valence-electron chi connectivity index (χ2n) is 5.03. The Bertz CT molecular complexity index is 627. The fourth-order valence-electron chi connectivity index (χ4n) is 2.36. The molecule has 112 valence electrons. The summed E-state index contributed by atoms with van der Waals surface area (Å²) in [4.78, 5) is 12.6. The van der Waals surface area contributed by atoms with E-state index in [1.165, 1.54) is 12.1 Å². The number of hydrogen-bond acceptors (Lipinski definition) is 3. The van der Waals surface area contributed by atoms with Gasteiger partial charge >= 0.3 is 5.97 Å². The van der Waals surface area contributed by atoms with Crippen LogP contribution in [-0.4, -0.2) is 39.3 Å². The quantitative estimate of drug-likeness (QED) is 0.885. The van der Waals surface area contributed by atoms with Crippen molar-refractivity contribution in [2.24, 2.45) is 7.05 Å². The summed E-state index contributed by atoms with van der Waals surface area (Å²) in [5.41, 5.74) is 1.67. The molecule has 1 aromatic carbocycles. The van der Waals surface area contributed by atoms with E-state index in [2.05, 4.69) is 5.10 Å². The highest BCUT2D eigenvalue weighted by Gasteiger charge is 2.21. The zero-order valence-corrected chi connectivity index (χ0v) is 12.0. The average molecular weight is 291 g/mol. The van der Waals surface area contributed by atoms with E-state index in [9.17, 15) is 9.18 Å². The van der Waals surface area contributed by atoms with E-state index in [0.29, 0.717) is 6.54 Å². The Labute approximate surface area is 122 Å². The number of aryl methyl sites for hydroxylation is 1. The van der Waals surface area contributed by atoms with Gasteiger partial charge in [-0.3, -0.25) is 14.4 Å². The molecule has 1 heterocycles. The van der Waals surface area contributed by atoms with Crippen LogP contribution in [0.1, 0.15) is 23.6 Å². The van der Waals surface area contributed by atoms with Gasteiger partial charge in [0, 0.05) is 25.4 Å². The zero-order chi connectivity index (χ0) is 15.4. The summed E-state index contributed by atoms with van der Waals surface area (Å²) >= 11 is 0. The van der Waals surface area contributed by atoms with Gasteiger partial charge in [-0.25, -0.2) is 4.39 Å². The molecule has 0 spiro atoms. The van der Waals surface area contributed by atoms with Crippen LogP contribution >= 0.6 is 0 Å². The highest BCUT2D eigenvalue weighted by molar-refractivity contribution is 5.66. The van der Waals surface area contributed by atoms with E-state index < -0.39 is 5.97 Å². The fraction of sp³-hybridized carbons (Fsp3) is 0.333. The molecular weight excluding hydrogens is 273 g/mol. The molecule has 0 saturated heterocycles. The number of hydrogen-bond donors (Lipinski definition) is 1. The molecule has 0 radical (unpaired) electrons. The van der Waals surface area contributed by atoms with Crippen LogP contribution in [-0.2, 0) is 11.8 Å². The maximum atomic E-state index is 13.5. The van der Waals surface area contributed by atoms with Gasteiger partial charge < -0.3 is 5.11 Å². The maximum absolute atomic E-state index is 13.5. The first-order valence-electron chi connectivity index (χ1n) is 6.63. The number of aromatic nitrogens is 2. The SMILES string of the molecule is CN(CCC(=O)O)C(c1cccc(F)c1)c1cnn(C)c1. The van der Waals surface area contributed by atoms with E-state index in [4.69, 9.17) is 5.11 Å². The Balaban J connectivity index is 2.32. The number of benzene rings is 1. The first-order valence-corrected chi connectivity index (χ1v) is 6.63. The molecule has 0 aliphatic carbocycles. The van der Waals surface area contributed by atoms with Crippen LogP contribution in [0.5, 0.6) is 0 Å². The average Bonchev–Trinajstić information content (AvgIpc) is 2.83. The molecular formula is C15H18FN3O2. The molecule has 1 N–H and O–H groups in total. The molecule has 6 heteroatoms. The van der Waals surface area contributed by atoms with E-state index in [-0.39, 0.29) is 18.3 Å². The number of carboxylic acid groups (broad SMARTS) is 1. The van der Waals surface area contributed by atoms with Crippen LogP contribution in [0.15, 0.2) is 36.7 Å². The Hall–Kier alpha value is -2.21. The standard InChI is InChI=1S/C15H18FN3O2/c1-18(7-6-14(20)21)15(12-9-17-19(2)10-12)11-4-3-5-13(16)8-11/h3-5,8-10,15H,6-7H2,1-2H3,(H,20,21). The van der Waals surface area contributed by atoms with Gasteiger partial charge in [0.05, 0.1) is 18.7 Å². The van der Waals surface area contributed by atoms with Crippen LogP contribution < -0.4 is 0 Å². The van der Waals surface area contributed by atoms with E-state index in [1.807, 2.05) is 31.3 Å². The molecule has 1 aromatic heterocycles. The first kappa shape index (κ1) is 15.2. The lowest BCUT2D eigenvalue weighted by Gasteiger charge is -2.27. The van der Waals surface area contributed by atoms with E-state index in [0.717, 1.165) is 11.1 Å². The van der Waals surface area contributed by atoms with Crippen molar-refractivity contribution in [2.45, 2.75) is 12.5 Å². The van der Waals surface area contributed by atoms with Gasteiger partial charge in [-0.15, -0.1) is 0 Å². The molecule has 1 unspecified atom stereocenters. The van der Waals surface area contributed by atoms with Gasteiger partial charge in [0.15, 0.2) is 0 Å². The predicted molar refractivity (Wildman–Crippen MR) is 76.3 cm³/mol. The van der Waals surface area contributed by atoms with Gasteiger partial charge in [0.2, 0.25) is 0 Å². The van der Waals surface area contributed by atoms with Gasteiger partial charge in [0.1, 0.15) is 5.82 Å². The molecule has 0 aliphatic rings. The lowest BCUT2D eigenvalue weighted by atomic mass is 10.00. The van der Waals surface area contributed by atoms with Crippen molar-refractivity contribution in [1.29, 1.82) is 0 Å². The topological polar surface area (TPSA) is 58.4 Å². The van der Waals surface area contributed by atoms with Gasteiger partial charge in [-0.1, -0.05) is 12.1 Å². The molecule has 2 aromatic rings. The molecule has 5 nitrogen and oxygen atoms in total. The van der Waals surface area contributed by atoms with Crippen molar-refractivity contribution >= 4 is 5.97 Å². The minimum atomic E-state index is -0.856. The van der Waals surface area contributed by atoms with Crippen molar-refractivity contribution in [2.75, 3.05) is 13.6 Å². The van der Waals surface area contributed by atoms with Crippen molar-refractivity contribution < 1.29 is 14.3 Å². The zero-order valence-electron chi connectivity index (χ0n) is 12.0. The summed E-state index contributed by atoms with van der Waals surface area (Å²) in [6.45, 7) is 0.366. The number of nitrogens with zero attached hydrogens (tertiary/aromatic N) is 3. The molecule has 1 atom stereocenters. The van der Waals surface area contributed by atoms with Crippen molar-refractivity contribution in [1.82, 2.24) is 14.7 Å². The van der Waals surface area contributed by atoms with Crippen LogP contribution in [0, 0.1) is 5.82 Å². The van der Waals surface area contributed by atoms with Crippen LogP contribution in [0.3, 0.4) is 0 Å². The lowest BCUT2D eigenvalue weighted by molar-refractivity contribution is -0.137. The normalized spacial score (nSPS) is 12.6. The Morgan fingerprint density at radius 3 is 2.81 bits per heavy atom. The molecule has 21 heavy (non-hydrogen) atoms. The highest BCUT2D eigenvalue weighted by atomic mass is 19.1. The third kappa shape index (κ3) is 3.88. The molecule has 2 rings (SSSR count). The largest absolute Gasteiger partial charge is 0.481 e. The number of halogens is 1. The Morgan fingerprint density at radius 1 is 1.48 bits per heavy atom. The number of carboxylic acids is 1. The molecule has 0 fully saturated rings. The third-order valence-electron chi connectivity index (χ3n) is 3.32. The second-order valence-corrected chi connectivity index (χ2v) is 5.03. The van der Waals surface area contributed by atoms with Crippen molar-refractivity contribution in [3.63, 3.8) is 0 Å². The summed E-state index contributed by atoms with van der Waals surface area (Å²) in [5.74, 6) is -1.17. The highest BCUT2D eigenvalue weighted by Crippen LogP contribution is 2.27. The molecule has 0 saturated carbocycles. The maximum Gasteiger partial charge on any atom is 0.304 e.